The summed E-state index contributed by atoms with van der Waals surface area (Å²) in [7, 11) is 1.43. The summed E-state index contributed by atoms with van der Waals surface area (Å²) in [6, 6.07) is 7.79. The molecule has 1 aromatic carbocycles. The highest BCUT2D eigenvalue weighted by atomic mass is 19.4. The fraction of sp³-hybridized carbons (Fsp3) is 0.476. The molecule has 1 fully saturated rings. The first-order valence-electron chi connectivity index (χ1n) is 10.4. The summed E-state index contributed by atoms with van der Waals surface area (Å²) >= 11 is 0. The van der Waals surface area contributed by atoms with Gasteiger partial charge in [0.15, 0.2) is 12.3 Å². The van der Waals surface area contributed by atoms with Gasteiger partial charge in [0.05, 0.1) is 7.05 Å². The van der Waals surface area contributed by atoms with Crippen LogP contribution >= 0.6 is 0 Å². The van der Waals surface area contributed by atoms with Gasteiger partial charge in [-0.15, -0.1) is 0 Å². The van der Waals surface area contributed by atoms with E-state index in [2.05, 4.69) is 27.3 Å². The number of nitrogen functional groups attached to an aromatic ring is 1. The lowest BCUT2D eigenvalue weighted by molar-refractivity contribution is -0.665. The number of benzene rings is 1. The molecule has 2 aromatic rings. The van der Waals surface area contributed by atoms with Crippen LogP contribution in [0.25, 0.3) is 0 Å². The van der Waals surface area contributed by atoms with Crippen LogP contribution in [0.3, 0.4) is 0 Å². The van der Waals surface area contributed by atoms with E-state index in [9.17, 15) is 18.0 Å². The van der Waals surface area contributed by atoms with Crippen molar-refractivity contribution >= 4 is 23.2 Å². The minimum absolute atomic E-state index is 0.00221. The molecule has 0 aliphatic carbocycles. The first-order valence-corrected chi connectivity index (χ1v) is 10.4. The Balaban J connectivity index is 1.59. The average molecular weight is 451 g/mol. The molecule has 2 aliphatic heterocycles. The standard InChI is InChI=1S/C21H25F3N6O2/c1-28-18(25)17-19(27-20(28)32-13-21(22,23)24)30(12-16(31)26-17)11-15-6-4-5-14(9-15)10-29-7-2-3-8-29/h4-6,9,25H,2-3,7-8,10-13H2,1H3,(H,26,31)/p+1. The topological polar surface area (TPSA) is 87.6 Å². The van der Waals surface area contributed by atoms with Crippen molar-refractivity contribution in [2.45, 2.75) is 32.1 Å². The van der Waals surface area contributed by atoms with Crippen LogP contribution in [0, 0.1) is 0 Å². The van der Waals surface area contributed by atoms with Gasteiger partial charge in [-0.1, -0.05) is 24.3 Å². The Labute approximate surface area is 183 Å². The zero-order valence-corrected chi connectivity index (χ0v) is 17.8. The number of halogens is 3. The van der Waals surface area contributed by atoms with E-state index in [-0.39, 0.29) is 35.8 Å². The second-order valence-electron chi connectivity index (χ2n) is 8.15. The monoisotopic (exact) mass is 451 g/mol. The van der Waals surface area contributed by atoms with Crippen molar-refractivity contribution in [1.29, 1.82) is 0 Å². The van der Waals surface area contributed by atoms with E-state index < -0.39 is 12.8 Å². The summed E-state index contributed by atoms with van der Waals surface area (Å²) in [6.07, 6.45) is -2.09. The number of aromatic nitrogens is 2. The molecule has 0 saturated carbocycles. The molecule has 1 aromatic heterocycles. The lowest BCUT2D eigenvalue weighted by Gasteiger charge is -2.28. The summed E-state index contributed by atoms with van der Waals surface area (Å²) in [4.78, 5) is 20.6. The molecule has 4 rings (SSSR count). The van der Waals surface area contributed by atoms with Crippen LogP contribution in [0.1, 0.15) is 24.0 Å². The third-order valence-corrected chi connectivity index (χ3v) is 5.56. The fourth-order valence-corrected chi connectivity index (χ4v) is 4.03. The number of nitrogens with one attached hydrogen (secondary N) is 1. The van der Waals surface area contributed by atoms with Gasteiger partial charge in [-0.25, -0.2) is 0 Å². The van der Waals surface area contributed by atoms with Crippen molar-refractivity contribution in [2.24, 2.45) is 7.05 Å². The molecular formula is C21H26F3N6O2+. The van der Waals surface area contributed by atoms with E-state index in [0.29, 0.717) is 6.54 Å². The van der Waals surface area contributed by atoms with Crippen molar-refractivity contribution < 1.29 is 27.3 Å². The molecule has 8 nitrogen and oxygen atoms in total. The largest absolute Gasteiger partial charge is 0.436 e. The summed E-state index contributed by atoms with van der Waals surface area (Å²) in [5, 5.41) is 2.67. The SMILES string of the molecule is C[n+]1c(OCC(F)(F)F)nc2c(c1N)NC(=O)CN2Cc1cccc(CN2CCCC2)c1. The van der Waals surface area contributed by atoms with Crippen molar-refractivity contribution in [3.63, 3.8) is 0 Å². The molecule has 0 radical (unpaired) electrons. The third kappa shape index (κ3) is 5.04. The molecule has 1 amide bonds. The first kappa shape index (κ1) is 22.1. The summed E-state index contributed by atoms with van der Waals surface area (Å²) in [5.74, 6) is 0.0681. The van der Waals surface area contributed by atoms with Gasteiger partial charge in [-0.2, -0.15) is 17.7 Å². The van der Waals surface area contributed by atoms with Crippen LogP contribution in [0.4, 0.5) is 30.5 Å². The van der Waals surface area contributed by atoms with Gasteiger partial charge in [0, 0.05) is 13.1 Å². The number of ether oxygens (including phenoxy) is 1. The molecule has 0 atom stereocenters. The molecule has 32 heavy (non-hydrogen) atoms. The van der Waals surface area contributed by atoms with Crippen LogP contribution in [0.2, 0.25) is 0 Å². The molecule has 3 N–H and O–H groups in total. The molecule has 0 bridgehead atoms. The number of rotatable bonds is 6. The van der Waals surface area contributed by atoms with Crippen LogP contribution in [-0.4, -0.2) is 48.2 Å². The Bertz CT molecular complexity index is 1010. The Kier molecular flexibility index (Phi) is 6.09. The Morgan fingerprint density at radius 3 is 2.59 bits per heavy atom. The molecule has 0 spiro atoms. The van der Waals surface area contributed by atoms with Crippen LogP contribution in [0.5, 0.6) is 6.01 Å². The Hall–Kier alpha value is -3.08. The maximum absolute atomic E-state index is 12.6. The number of anilines is 3. The third-order valence-electron chi connectivity index (χ3n) is 5.56. The van der Waals surface area contributed by atoms with E-state index >= 15 is 0 Å². The van der Waals surface area contributed by atoms with E-state index in [1.807, 2.05) is 12.1 Å². The highest BCUT2D eigenvalue weighted by Gasteiger charge is 2.35. The highest BCUT2D eigenvalue weighted by Crippen LogP contribution is 2.33. The lowest BCUT2D eigenvalue weighted by Crippen LogP contribution is -2.44. The molecule has 1 saturated heterocycles. The zero-order valence-electron chi connectivity index (χ0n) is 17.8. The highest BCUT2D eigenvalue weighted by molar-refractivity contribution is 6.02. The second-order valence-corrected chi connectivity index (χ2v) is 8.15. The van der Waals surface area contributed by atoms with Gasteiger partial charge in [-0.05, 0) is 42.0 Å². The van der Waals surface area contributed by atoms with E-state index in [4.69, 9.17) is 10.5 Å². The van der Waals surface area contributed by atoms with Crippen molar-refractivity contribution in [1.82, 2.24) is 9.88 Å². The van der Waals surface area contributed by atoms with Gasteiger partial charge in [-0.3, -0.25) is 9.69 Å². The number of likely N-dealkylation sites (tertiary alicyclic amines) is 1. The quantitative estimate of drug-likeness (QED) is 0.654. The molecule has 0 unspecified atom stereocenters. The fourth-order valence-electron chi connectivity index (χ4n) is 4.03. The zero-order chi connectivity index (χ0) is 22.9. The smallest absolute Gasteiger partial charge is 0.431 e. The second kappa shape index (κ2) is 8.81. The normalized spacial score (nSPS) is 16.8. The van der Waals surface area contributed by atoms with E-state index in [0.717, 1.165) is 25.2 Å². The number of hydrogen-bond acceptors (Lipinski definition) is 6. The van der Waals surface area contributed by atoms with Crippen LogP contribution in [-0.2, 0) is 24.9 Å². The number of amides is 1. The van der Waals surface area contributed by atoms with Crippen molar-refractivity contribution in [3.05, 3.63) is 35.4 Å². The molecule has 3 heterocycles. The van der Waals surface area contributed by atoms with E-state index in [1.54, 1.807) is 4.90 Å². The van der Waals surface area contributed by atoms with Gasteiger partial charge >= 0.3 is 12.2 Å². The molecular weight excluding hydrogens is 425 g/mol. The van der Waals surface area contributed by atoms with E-state index in [1.165, 1.54) is 30.0 Å². The van der Waals surface area contributed by atoms with Crippen LogP contribution < -0.4 is 25.3 Å². The average Bonchev–Trinajstić information content (AvgIpc) is 3.23. The predicted octanol–water partition coefficient (Wildman–Crippen LogP) is 1.98. The minimum Gasteiger partial charge on any atom is -0.431 e. The molecule has 11 heteroatoms. The number of nitrogens with two attached hydrogens (primary N) is 1. The summed E-state index contributed by atoms with van der Waals surface area (Å²) < 4.78 is 44.0. The first-order chi connectivity index (χ1) is 15.2. The van der Waals surface area contributed by atoms with Crippen molar-refractivity contribution in [2.75, 3.05) is 42.2 Å². The number of carbonyl (C=O) groups is 1. The predicted molar refractivity (Wildman–Crippen MR) is 112 cm³/mol. The molecule has 2 aliphatic rings. The lowest BCUT2D eigenvalue weighted by atomic mass is 10.1. The Morgan fingerprint density at radius 1 is 1.22 bits per heavy atom. The number of hydrogen-bond donors (Lipinski definition) is 2. The van der Waals surface area contributed by atoms with Crippen molar-refractivity contribution in [3.8, 4) is 6.01 Å². The van der Waals surface area contributed by atoms with Gasteiger partial charge < -0.3 is 20.7 Å². The number of alkyl halides is 3. The molecule has 172 valence electrons. The van der Waals surface area contributed by atoms with Gasteiger partial charge in [0.2, 0.25) is 11.7 Å². The number of fused-ring (bicyclic) bond motifs is 1. The Morgan fingerprint density at radius 2 is 1.91 bits per heavy atom. The van der Waals surface area contributed by atoms with Gasteiger partial charge in [0.1, 0.15) is 6.54 Å². The van der Waals surface area contributed by atoms with Gasteiger partial charge in [0.25, 0.3) is 5.82 Å². The number of carbonyl (C=O) groups excluding carboxylic acids is 1. The summed E-state index contributed by atoms with van der Waals surface area (Å²) in [5.41, 5.74) is 8.49. The minimum atomic E-state index is -4.51. The van der Waals surface area contributed by atoms with Crippen LogP contribution in [0.15, 0.2) is 24.3 Å². The summed E-state index contributed by atoms with van der Waals surface area (Å²) in [6.45, 7) is 1.91. The maximum Gasteiger partial charge on any atom is 0.436 e. The maximum atomic E-state index is 12.6. The number of nitrogens with zero attached hydrogens (tertiary/aromatic N) is 4.